The SMILES string of the molecule is CCCCCC(O)c1ccc(N2CC[C@@H](C)C2)cc1. The minimum absolute atomic E-state index is 0.293. The van der Waals surface area contributed by atoms with Crippen LogP contribution in [0.3, 0.4) is 0 Å². The lowest BCUT2D eigenvalue weighted by molar-refractivity contribution is 0.163. The Balaban J connectivity index is 1.90. The summed E-state index contributed by atoms with van der Waals surface area (Å²) in [6.07, 6.45) is 5.41. The van der Waals surface area contributed by atoms with Gasteiger partial charge in [0.2, 0.25) is 0 Å². The van der Waals surface area contributed by atoms with Gasteiger partial charge in [-0.05, 0) is 36.5 Å². The number of benzene rings is 1. The van der Waals surface area contributed by atoms with E-state index in [4.69, 9.17) is 0 Å². The lowest BCUT2D eigenvalue weighted by Gasteiger charge is -2.19. The molecule has 2 heteroatoms. The van der Waals surface area contributed by atoms with Gasteiger partial charge >= 0.3 is 0 Å². The Morgan fingerprint density at radius 3 is 2.58 bits per heavy atom. The Morgan fingerprint density at radius 1 is 1.26 bits per heavy atom. The first-order valence-corrected chi connectivity index (χ1v) is 7.73. The molecule has 0 bridgehead atoms. The predicted molar refractivity (Wildman–Crippen MR) is 81.5 cm³/mol. The molecule has 0 spiro atoms. The summed E-state index contributed by atoms with van der Waals surface area (Å²) in [6, 6.07) is 8.51. The van der Waals surface area contributed by atoms with Crippen molar-refractivity contribution < 1.29 is 5.11 Å². The molecule has 106 valence electrons. The normalized spacial score (nSPS) is 20.8. The van der Waals surface area contributed by atoms with Crippen LogP contribution in [0.25, 0.3) is 0 Å². The van der Waals surface area contributed by atoms with Gasteiger partial charge in [0.15, 0.2) is 0 Å². The van der Waals surface area contributed by atoms with Crippen LogP contribution in [0.15, 0.2) is 24.3 Å². The van der Waals surface area contributed by atoms with Crippen molar-refractivity contribution in [3.8, 4) is 0 Å². The van der Waals surface area contributed by atoms with E-state index in [0.29, 0.717) is 0 Å². The molecule has 1 aromatic rings. The molecule has 0 saturated carbocycles. The van der Waals surface area contributed by atoms with Crippen molar-refractivity contribution in [2.75, 3.05) is 18.0 Å². The van der Waals surface area contributed by atoms with Gasteiger partial charge in [-0.1, -0.05) is 45.2 Å². The molecule has 1 aliphatic heterocycles. The lowest BCUT2D eigenvalue weighted by atomic mass is 10.0. The first-order valence-electron chi connectivity index (χ1n) is 7.73. The van der Waals surface area contributed by atoms with Crippen LogP contribution in [0.4, 0.5) is 5.69 Å². The van der Waals surface area contributed by atoms with Gasteiger partial charge in [0, 0.05) is 18.8 Å². The number of aliphatic hydroxyl groups is 1. The smallest absolute Gasteiger partial charge is 0.0790 e. The molecule has 0 radical (unpaired) electrons. The largest absolute Gasteiger partial charge is 0.388 e. The number of rotatable bonds is 6. The molecule has 1 N–H and O–H groups in total. The van der Waals surface area contributed by atoms with E-state index < -0.39 is 0 Å². The highest BCUT2D eigenvalue weighted by atomic mass is 16.3. The van der Waals surface area contributed by atoms with E-state index in [1.54, 1.807) is 0 Å². The summed E-state index contributed by atoms with van der Waals surface area (Å²) in [6.45, 7) is 6.84. The number of hydrogen-bond donors (Lipinski definition) is 1. The average Bonchev–Trinajstić information content (AvgIpc) is 2.86. The van der Waals surface area contributed by atoms with Gasteiger partial charge in [0.1, 0.15) is 0 Å². The molecule has 1 aromatic carbocycles. The maximum Gasteiger partial charge on any atom is 0.0790 e. The fourth-order valence-electron chi connectivity index (χ4n) is 2.83. The summed E-state index contributed by atoms with van der Waals surface area (Å²) in [4.78, 5) is 2.44. The zero-order valence-electron chi connectivity index (χ0n) is 12.3. The molecule has 0 amide bonds. The maximum atomic E-state index is 10.1. The van der Waals surface area contributed by atoms with Crippen molar-refractivity contribution in [3.05, 3.63) is 29.8 Å². The fraction of sp³-hybridized carbons (Fsp3) is 0.647. The maximum absolute atomic E-state index is 10.1. The summed E-state index contributed by atoms with van der Waals surface area (Å²) in [5, 5.41) is 10.1. The summed E-state index contributed by atoms with van der Waals surface area (Å²) < 4.78 is 0. The zero-order valence-corrected chi connectivity index (χ0v) is 12.3. The second-order valence-corrected chi connectivity index (χ2v) is 5.94. The van der Waals surface area contributed by atoms with Gasteiger partial charge in [0.25, 0.3) is 0 Å². The van der Waals surface area contributed by atoms with E-state index in [1.165, 1.54) is 38.0 Å². The monoisotopic (exact) mass is 261 g/mol. The van der Waals surface area contributed by atoms with Crippen molar-refractivity contribution >= 4 is 5.69 Å². The van der Waals surface area contributed by atoms with Crippen molar-refractivity contribution in [2.45, 2.75) is 52.1 Å². The molecule has 2 nitrogen and oxygen atoms in total. The highest BCUT2D eigenvalue weighted by Crippen LogP contribution is 2.26. The minimum Gasteiger partial charge on any atom is -0.388 e. The van der Waals surface area contributed by atoms with Gasteiger partial charge in [-0.25, -0.2) is 0 Å². The molecule has 0 aliphatic carbocycles. The third-order valence-electron chi connectivity index (χ3n) is 4.15. The van der Waals surface area contributed by atoms with Gasteiger partial charge < -0.3 is 10.0 Å². The van der Waals surface area contributed by atoms with Crippen LogP contribution < -0.4 is 4.90 Å². The Bertz CT molecular complexity index is 373. The number of aliphatic hydroxyl groups excluding tert-OH is 1. The van der Waals surface area contributed by atoms with Crippen LogP contribution in [-0.4, -0.2) is 18.2 Å². The first-order chi connectivity index (χ1) is 9.20. The zero-order chi connectivity index (χ0) is 13.7. The molecular formula is C17H27NO. The Hall–Kier alpha value is -1.02. The van der Waals surface area contributed by atoms with E-state index >= 15 is 0 Å². The highest BCUT2D eigenvalue weighted by molar-refractivity contribution is 5.48. The molecule has 0 aromatic heterocycles. The van der Waals surface area contributed by atoms with Crippen LogP contribution in [0.5, 0.6) is 0 Å². The molecule has 1 aliphatic rings. The van der Waals surface area contributed by atoms with E-state index in [-0.39, 0.29) is 6.10 Å². The van der Waals surface area contributed by atoms with Crippen LogP contribution >= 0.6 is 0 Å². The van der Waals surface area contributed by atoms with E-state index in [9.17, 15) is 5.11 Å². The average molecular weight is 261 g/mol. The van der Waals surface area contributed by atoms with Crippen LogP contribution in [0, 0.1) is 5.92 Å². The second-order valence-electron chi connectivity index (χ2n) is 5.94. The molecule has 2 atom stereocenters. The second kappa shape index (κ2) is 6.95. The minimum atomic E-state index is -0.293. The molecule has 19 heavy (non-hydrogen) atoms. The fourth-order valence-corrected chi connectivity index (χ4v) is 2.83. The molecule has 2 rings (SSSR count). The van der Waals surface area contributed by atoms with E-state index in [1.807, 2.05) is 0 Å². The van der Waals surface area contributed by atoms with E-state index in [0.717, 1.165) is 24.3 Å². The predicted octanol–water partition coefficient (Wildman–Crippen LogP) is 4.15. The lowest BCUT2D eigenvalue weighted by Crippen LogP contribution is -2.18. The molecular weight excluding hydrogens is 234 g/mol. The van der Waals surface area contributed by atoms with Gasteiger partial charge in [-0.2, -0.15) is 0 Å². The first kappa shape index (κ1) is 14.4. The van der Waals surface area contributed by atoms with Crippen LogP contribution in [-0.2, 0) is 0 Å². The Labute approximate surface area is 117 Å². The van der Waals surface area contributed by atoms with Crippen LogP contribution in [0.2, 0.25) is 0 Å². The standard InChI is InChI=1S/C17H27NO/c1-3-4-5-6-17(19)15-7-9-16(10-8-15)18-12-11-14(2)13-18/h7-10,14,17,19H,3-6,11-13H2,1-2H3/t14-,17?/m1/s1. The molecule has 1 heterocycles. The Kier molecular flexibility index (Phi) is 5.26. The number of anilines is 1. The Morgan fingerprint density at radius 2 is 2.00 bits per heavy atom. The summed E-state index contributed by atoms with van der Waals surface area (Å²) >= 11 is 0. The molecule has 1 saturated heterocycles. The van der Waals surface area contributed by atoms with Gasteiger partial charge in [-0.15, -0.1) is 0 Å². The number of hydrogen-bond acceptors (Lipinski definition) is 2. The third-order valence-corrected chi connectivity index (χ3v) is 4.15. The van der Waals surface area contributed by atoms with Crippen molar-refractivity contribution in [2.24, 2.45) is 5.92 Å². The topological polar surface area (TPSA) is 23.5 Å². The highest BCUT2D eigenvalue weighted by Gasteiger charge is 2.18. The van der Waals surface area contributed by atoms with Gasteiger partial charge in [0.05, 0.1) is 6.10 Å². The number of nitrogens with zero attached hydrogens (tertiary/aromatic N) is 1. The van der Waals surface area contributed by atoms with Crippen LogP contribution in [0.1, 0.15) is 57.6 Å². The third kappa shape index (κ3) is 3.97. The quantitative estimate of drug-likeness (QED) is 0.778. The summed E-state index contributed by atoms with van der Waals surface area (Å²) in [5.74, 6) is 0.805. The van der Waals surface area contributed by atoms with Crippen molar-refractivity contribution in [3.63, 3.8) is 0 Å². The molecule has 1 unspecified atom stereocenters. The van der Waals surface area contributed by atoms with E-state index in [2.05, 4.69) is 43.0 Å². The molecule has 1 fully saturated rings. The van der Waals surface area contributed by atoms with Gasteiger partial charge in [-0.3, -0.25) is 0 Å². The summed E-state index contributed by atoms with van der Waals surface area (Å²) in [5.41, 5.74) is 2.36. The number of unbranched alkanes of at least 4 members (excludes halogenated alkanes) is 2. The summed E-state index contributed by atoms with van der Waals surface area (Å²) in [7, 11) is 0. The van der Waals surface area contributed by atoms with Crippen molar-refractivity contribution in [1.82, 2.24) is 0 Å². The van der Waals surface area contributed by atoms with Crippen molar-refractivity contribution in [1.29, 1.82) is 0 Å².